The van der Waals surface area contributed by atoms with Crippen molar-refractivity contribution >= 4 is 17.6 Å². The summed E-state index contributed by atoms with van der Waals surface area (Å²) in [6, 6.07) is 9.42. The van der Waals surface area contributed by atoms with Crippen LogP contribution in [0.4, 0.5) is 0 Å². The first-order chi connectivity index (χ1) is 10.2. The van der Waals surface area contributed by atoms with Crippen molar-refractivity contribution in [2.75, 3.05) is 13.7 Å². The minimum absolute atomic E-state index is 0.00405. The quantitative estimate of drug-likeness (QED) is 0.860. The minimum atomic E-state index is -0.532. The number of rotatable bonds is 4. The first-order valence-electron chi connectivity index (χ1n) is 6.68. The first kappa shape index (κ1) is 14.8. The number of benzene rings is 1. The van der Waals surface area contributed by atoms with Crippen LogP contribution in [0.25, 0.3) is 5.70 Å². The molecule has 1 aromatic carbocycles. The maximum atomic E-state index is 12.2. The Balaban J connectivity index is 2.34. The van der Waals surface area contributed by atoms with Crippen molar-refractivity contribution in [1.82, 2.24) is 5.32 Å². The van der Waals surface area contributed by atoms with Gasteiger partial charge in [-0.25, -0.2) is 4.79 Å². The molecule has 0 saturated carbocycles. The molecule has 1 aliphatic rings. The molecule has 0 atom stereocenters. The highest BCUT2D eigenvalue weighted by molar-refractivity contribution is 6.05. The highest BCUT2D eigenvalue weighted by atomic mass is 16.5. The summed E-state index contributed by atoms with van der Waals surface area (Å²) in [6.07, 6.45) is 2.05. The van der Waals surface area contributed by atoms with E-state index >= 15 is 0 Å². The van der Waals surface area contributed by atoms with Crippen LogP contribution < -0.4 is 5.32 Å². The van der Waals surface area contributed by atoms with Crippen LogP contribution in [0.2, 0.25) is 0 Å². The van der Waals surface area contributed by atoms with Crippen LogP contribution in [0.5, 0.6) is 0 Å². The van der Waals surface area contributed by atoms with Crippen molar-refractivity contribution in [3.8, 4) is 0 Å². The Bertz CT molecular complexity index is 602. The molecular formula is C16H17NO4. The second-order valence-electron chi connectivity index (χ2n) is 4.37. The normalized spacial score (nSPS) is 15.0. The number of carbonyl (C=O) groups excluding carboxylic acids is 2. The summed E-state index contributed by atoms with van der Waals surface area (Å²) in [4.78, 5) is 24.1. The Kier molecular flexibility index (Phi) is 4.77. The zero-order valence-electron chi connectivity index (χ0n) is 12.0. The van der Waals surface area contributed by atoms with Gasteiger partial charge in [-0.3, -0.25) is 4.79 Å². The van der Waals surface area contributed by atoms with Crippen LogP contribution in [0, 0.1) is 0 Å². The maximum absolute atomic E-state index is 12.2. The lowest BCUT2D eigenvalue weighted by Crippen LogP contribution is -2.25. The van der Waals surface area contributed by atoms with Crippen molar-refractivity contribution < 1.29 is 19.1 Å². The van der Waals surface area contributed by atoms with Crippen LogP contribution >= 0.6 is 0 Å². The fourth-order valence-electron chi connectivity index (χ4n) is 2.08. The van der Waals surface area contributed by atoms with E-state index in [9.17, 15) is 9.59 Å². The number of nitrogens with one attached hydrogen (secondary N) is 1. The van der Waals surface area contributed by atoms with E-state index in [1.807, 2.05) is 30.3 Å². The van der Waals surface area contributed by atoms with Gasteiger partial charge in [0.05, 0.1) is 19.3 Å². The number of amides is 1. The largest absolute Gasteiger partial charge is 0.491 e. The van der Waals surface area contributed by atoms with Crippen LogP contribution in [0.1, 0.15) is 18.9 Å². The second-order valence-corrected chi connectivity index (χ2v) is 4.37. The lowest BCUT2D eigenvalue weighted by molar-refractivity contribution is -0.139. The standard InChI is InChI=1S/C16H17NO4/c1-3-21-16(19)12-9-10-13(11-7-5-4-6-8-11)17-15(18)14(12)20-2/h4-8,10H,3,9H2,1-2H3,(H,17,18). The van der Waals surface area contributed by atoms with Gasteiger partial charge in [0.2, 0.25) is 0 Å². The van der Waals surface area contributed by atoms with Crippen molar-refractivity contribution in [2.24, 2.45) is 0 Å². The van der Waals surface area contributed by atoms with E-state index in [0.717, 1.165) is 5.56 Å². The molecule has 1 aromatic rings. The van der Waals surface area contributed by atoms with E-state index in [2.05, 4.69) is 5.32 Å². The molecule has 1 aliphatic heterocycles. The molecule has 2 rings (SSSR count). The van der Waals surface area contributed by atoms with Crippen molar-refractivity contribution in [3.63, 3.8) is 0 Å². The van der Waals surface area contributed by atoms with E-state index in [0.29, 0.717) is 5.70 Å². The fraction of sp³-hybridized carbons (Fsp3) is 0.250. The predicted octanol–water partition coefficient (Wildman–Crippen LogP) is 2.01. The first-order valence-corrected chi connectivity index (χ1v) is 6.68. The van der Waals surface area contributed by atoms with Gasteiger partial charge < -0.3 is 14.8 Å². The zero-order chi connectivity index (χ0) is 15.2. The number of allylic oxidation sites excluding steroid dienone is 1. The Morgan fingerprint density at radius 2 is 2.00 bits per heavy atom. The van der Waals surface area contributed by atoms with Gasteiger partial charge in [0, 0.05) is 12.1 Å². The molecule has 0 aliphatic carbocycles. The average molecular weight is 287 g/mol. The molecular weight excluding hydrogens is 270 g/mol. The molecule has 1 N–H and O–H groups in total. The Morgan fingerprint density at radius 3 is 2.62 bits per heavy atom. The molecule has 0 bridgehead atoms. The van der Waals surface area contributed by atoms with Crippen LogP contribution in [-0.2, 0) is 19.1 Å². The van der Waals surface area contributed by atoms with Gasteiger partial charge in [-0.1, -0.05) is 36.4 Å². The smallest absolute Gasteiger partial charge is 0.338 e. The molecule has 5 nitrogen and oxygen atoms in total. The molecule has 0 spiro atoms. The predicted molar refractivity (Wildman–Crippen MR) is 77.8 cm³/mol. The number of hydrogen-bond donors (Lipinski definition) is 1. The third-order valence-corrected chi connectivity index (χ3v) is 3.05. The van der Waals surface area contributed by atoms with E-state index in [-0.39, 0.29) is 24.4 Å². The topological polar surface area (TPSA) is 64.6 Å². The van der Waals surface area contributed by atoms with Crippen molar-refractivity contribution in [2.45, 2.75) is 13.3 Å². The molecule has 110 valence electrons. The van der Waals surface area contributed by atoms with Crippen molar-refractivity contribution in [1.29, 1.82) is 0 Å². The highest BCUT2D eigenvalue weighted by Gasteiger charge is 2.26. The molecule has 0 radical (unpaired) electrons. The van der Waals surface area contributed by atoms with Gasteiger partial charge in [-0.15, -0.1) is 0 Å². The lowest BCUT2D eigenvalue weighted by Gasteiger charge is -2.10. The minimum Gasteiger partial charge on any atom is -0.491 e. The van der Waals surface area contributed by atoms with Gasteiger partial charge in [-0.2, -0.15) is 0 Å². The molecule has 0 fully saturated rings. The second kappa shape index (κ2) is 6.74. The Hall–Kier alpha value is -2.56. The number of esters is 1. The monoisotopic (exact) mass is 287 g/mol. The molecule has 0 unspecified atom stereocenters. The fourth-order valence-corrected chi connectivity index (χ4v) is 2.08. The summed E-state index contributed by atoms with van der Waals surface area (Å²) in [5, 5.41) is 2.75. The number of carbonyl (C=O) groups is 2. The lowest BCUT2D eigenvalue weighted by atomic mass is 10.1. The number of methoxy groups -OCH3 is 1. The molecule has 0 saturated heterocycles. The van der Waals surface area contributed by atoms with Crippen molar-refractivity contribution in [3.05, 3.63) is 53.3 Å². The third-order valence-electron chi connectivity index (χ3n) is 3.05. The molecule has 1 amide bonds. The van der Waals surface area contributed by atoms with Crippen LogP contribution in [0.15, 0.2) is 47.7 Å². The summed E-state index contributed by atoms with van der Waals surface area (Å²) < 4.78 is 10.1. The molecule has 5 heteroatoms. The number of hydrogen-bond acceptors (Lipinski definition) is 4. The molecule has 21 heavy (non-hydrogen) atoms. The van der Waals surface area contributed by atoms with Crippen LogP contribution in [0.3, 0.4) is 0 Å². The summed E-state index contributed by atoms with van der Waals surface area (Å²) in [5.74, 6) is -0.987. The van der Waals surface area contributed by atoms with Gasteiger partial charge in [0.1, 0.15) is 0 Å². The molecule has 1 heterocycles. The molecule has 0 aromatic heterocycles. The summed E-state index contributed by atoms with van der Waals surface area (Å²) in [7, 11) is 1.36. The summed E-state index contributed by atoms with van der Waals surface area (Å²) in [6.45, 7) is 1.96. The Labute approximate surface area is 123 Å². The Morgan fingerprint density at radius 1 is 1.29 bits per heavy atom. The highest BCUT2D eigenvalue weighted by Crippen LogP contribution is 2.22. The van der Waals surface area contributed by atoms with E-state index in [1.165, 1.54) is 7.11 Å². The maximum Gasteiger partial charge on any atom is 0.338 e. The third kappa shape index (κ3) is 3.31. The number of ether oxygens (including phenoxy) is 2. The van der Waals surface area contributed by atoms with E-state index < -0.39 is 11.9 Å². The summed E-state index contributed by atoms with van der Waals surface area (Å²) in [5.41, 5.74) is 1.74. The van der Waals surface area contributed by atoms with Gasteiger partial charge in [-0.05, 0) is 12.5 Å². The van der Waals surface area contributed by atoms with E-state index in [4.69, 9.17) is 9.47 Å². The van der Waals surface area contributed by atoms with Gasteiger partial charge >= 0.3 is 5.97 Å². The SMILES string of the molecule is CCOC(=O)C1=C(OC)C(=O)NC(c2ccccc2)=CC1. The zero-order valence-corrected chi connectivity index (χ0v) is 12.0. The van der Waals surface area contributed by atoms with Crippen LogP contribution in [-0.4, -0.2) is 25.6 Å². The van der Waals surface area contributed by atoms with E-state index in [1.54, 1.807) is 13.0 Å². The van der Waals surface area contributed by atoms with Gasteiger partial charge in [0.25, 0.3) is 5.91 Å². The van der Waals surface area contributed by atoms with Gasteiger partial charge in [0.15, 0.2) is 5.76 Å². The summed E-state index contributed by atoms with van der Waals surface area (Å²) >= 11 is 0. The average Bonchev–Trinajstić information content (AvgIpc) is 2.67.